The molecule has 0 aliphatic heterocycles. The van der Waals surface area contributed by atoms with Crippen LogP contribution in [0.2, 0.25) is 0 Å². The van der Waals surface area contributed by atoms with E-state index in [4.69, 9.17) is 9.79 Å². The average molecular weight is 288 g/mol. The van der Waals surface area contributed by atoms with Crippen molar-refractivity contribution in [1.82, 2.24) is 0 Å². The van der Waals surface area contributed by atoms with Crippen LogP contribution in [0.3, 0.4) is 0 Å². The second kappa shape index (κ2) is 4.74. The van der Waals surface area contributed by atoms with Gasteiger partial charge in [0, 0.05) is 9.58 Å². The van der Waals surface area contributed by atoms with Crippen molar-refractivity contribution in [1.29, 1.82) is 0 Å². The fraction of sp³-hybridized carbons (Fsp3) is 0.333. The Morgan fingerprint density at radius 3 is 2.50 bits per heavy atom. The van der Waals surface area contributed by atoms with Crippen LogP contribution in [-0.4, -0.2) is 9.79 Å². The van der Waals surface area contributed by atoms with E-state index in [0.717, 1.165) is 10.1 Å². The number of hydrogen-bond donors (Lipinski definition) is 2. The molecule has 1 aromatic heterocycles. The molecule has 0 amide bonds. The van der Waals surface area contributed by atoms with Crippen molar-refractivity contribution in [3.8, 4) is 0 Å². The van der Waals surface area contributed by atoms with Crippen LogP contribution in [0.5, 0.6) is 0 Å². The van der Waals surface area contributed by atoms with Gasteiger partial charge in [-0.15, -0.1) is 11.3 Å². The van der Waals surface area contributed by atoms with E-state index in [1.54, 1.807) is 17.4 Å². The van der Waals surface area contributed by atoms with Gasteiger partial charge in [-0.1, -0.05) is 19.9 Å². The molecule has 1 unspecified atom stereocenters. The first-order valence-corrected chi connectivity index (χ1v) is 8.01. The minimum absolute atomic E-state index is 0.0314. The van der Waals surface area contributed by atoms with Crippen LogP contribution >= 0.6 is 18.9 Å². The van der Waals surface area contributed by atoms with Gasteiger partial charge in [-0.05, 0) is 35.1 Å². The molecule has 1 heterocycles. The summed E-state index contributed by atoms with van der Waals surface area (Å²) in [5, 5.41) is 0.831. The molecule has 2 N–H and O–H groups in total. The highest BCUT2D eigenvalue weighted by atomic mass is 32.1. The zero-order valence-electron chi connectivity index (χ0n) is 10.0. The Balaban J connectivity index is 2.47. The summed E-state index contributed by atoms with van der Waals surface area (Å²) in [7, 11) is -4.73. The summed E-state index contributed by atoms with van der Waals surface area (Å²) in [6.45, 7) is 4.14. The maximum atomic E-state index is 13.6. The Bertz CT molecular complexity index is 617. The quantitative estimate of drug-likeness (QED) is 0.833. The third-order valence-electron chi connectivity index (χ3n) is 2.70. The lowest BCUT2D eigenvalue weighted by molar-refractivity contribution is 0.303. The second-order valence-electron chi connectivity index (χ2n) is 4.53. The standard InChI is InChI=1S/C12H14FO3PS/c1-7(2)11-6-9-5-8(3-4-10(9)18-11)12(13)17(14,15)16/h3-7,12H,1-2H3,(H2,14,15,16). The highest BCUT2D eigenvalue weighted by Crippen LogP contribution is 2.53. The van der Waals surface area contributed by atoms with Crippen molar-refractivity contribution >= 4 is 29.0 Å². The Morgan fingerprint density at radius 1 is 1.28 bits per heavy atom. The summed E-state index contributed by atoms with van der Waals surface area (Å²) in [6, 6.07) is 6.61. The molecule has 3 nitrogen and oxygen atoms in total. The van der Waals surface area contributed by atoms with E-state index >= 15 is 0 Å². The number of hydrogen-bond acceptors (Lipinski definition) is 2. The lowest BCUT2D eigenvalue weighted by Crippen LogP contribution is -1.92. The minimum atomic E-state index is -4.73. The topological polar surface area (TPSA) is 57.5 Å². The average Bonchev–Trinajstić information content (AvgIpc) is 2.69. The summed E-state index contributed by atoms with van der Waals surface area (Å²) in [5.74, 6) is -1.86. The lowest BCUT2D eigenvalue weighted by Gasteiger charge is -2.09. The zero-order chi connectivity index (χ0) is 13.5. The Morgan fingerprint density at radius 2 is 1.94 bits per heavy atom. The number of rotatable bonds is 3. The van der Waals surface area contributed by atoms with E-state index in [9.17, 15) is 8.96 Å². The van der Waals surface area contributed by atoms with Crippen LogP contribution in [0.1, 0.15) is 36.1 Å². The smallest absolute Gasteiger partial charge is 0.322 e. The molecule has 6 heteroatoms. The maximum Gasteiger partial charge on any atom is 0.363 e. The van der Waals surface area contributed by atoms with E-state index in [1.165, 1.54) is 17.0 Å². The predicted molar refractivity (Wildman–Crippen MR) is 71.8 cm³/mol. The maximum absolute atomic E-state index is 13.6. The fourth-order valence-corrected chi connectivity index (χ4v) is 3.31. The fourth-order valence-electron chi connectivity index (χ4n) is 1.71. The molecule has 98 valence electrons. The Labute approximate surface area is 108 Å². The Hall–Kier alpha value is -0.740. The van der Waals surface area contributed by atoms with E-state index < -0.39 is 13.5 Å². The number of alkyl halides is 1. The molecule has 2 rings (SSSR count). The molecule has 0 saturated carbocycles. The molecule has 0 aliphatic carbocycles. The minimum Gasteiger partial charge on any atom is -0.322 e. The molecule has 0 bridgehead atoms. The molecule has 1 atom stereocenters. The summed E-state index contributed by atoms with van der Waals surface area (Å²) in [4.78, 5) is 18.9. The molecule has 0 radical (unpaired) electrons. The van der Waals surface area contributed by atoms with Gasteiger partial charge < -0.3 is 9.79 Å². The van der Waals surface area contributed by atoms with Gasteiger partial charge in [0.2, 0.25) is 5.91 Å². The zero-order valence-corrected chi connectivity index (χ0v) is 11.7. The normalized spacial score (nSPS) is 14.3. The molecule has 0 fully saturated rings. The monoisotopic (exact) mass is 288 g/mol. The third-order valence-corrected chi connectivity index (χ3v) is 5.00. The molecular formula is C12H14FO3PS. The summed E-state index contributed by atoms with van der Waals surface area (Å²) >= 11 is 1.62. The van der Waals surface area contributed by atoms with Crippen molar-refractivity contribution in [3.63, 3.8) is 0 Å². The molecule has 0 saturated heterocycles. The highest BCUT2D eigenvalue weighted by Gasteiger charge is 2.30. The first-order valence-electron chi connectivity index (χ1n) is 5.51. The first kappa shape index (κ1) is 13.7. The largest absolute Gasteiger partial charge is 0.363 e. The number of fused-ring (bicyclic) bond motifs is 1. The molecule has 18 heavy (non-hydrogen) atoms. The summed E-state index contributed by atoms with van der Waals surface area (Å²) in [6.07, 6.45) is 0. The van der Waals surface area contributed by atoms with Crippen LogP contribution in [-0.2, 0) is 4.57 Å². The van der Waals surface area contributed by atoms with Crippen LogP contribution in [0.15, 0.2) is 24.3 Å². The van der Waals surface area contributed by atoms with E-state index in [1.807, 2.05) is 6.07 Å². The van der Waals surface area contributed by atoms with Gasteiger partial charge in [0.15, 0.2) is 0 Å². The molecule has 1 aromatic carbocycles. The summed E-state index contributed by atoms with van der Waals surface area (Å²) in [5.41, 5.74) is 0.0314. The van der Waals surface area contributed by atoms with Crippen LogP contribution in [0.25, 0.3) is 10.1 Å². The third kappa shape index (κ3) is 2.64. The number of thiophene rings is 1. The van der Waals surface area contributed by atoms with Crippen molar-refractivity contribution in [3.05, 3.63) is 34.7 Å². The van der Waals surface area contributed by atoms with Gasteiger partial charge in [-0.25, -0.2) is 4.39 Å². The lowest BCUT2D eigenvalue weighted by atomic mass is 10.1. The second-order valence-corrected chi connectivity index (χ2v) is 7.27. The van der Waals surface area contributed by atoms with Crippen LogP contribution in [0.4, 0.5) is 4.39 Å². The van der Waals surface area contributed by atoms with Gasteiger partial charge in [0.05, 0.1) is 0 Å². The van der Waals surface area contributed by atoms with E-state index in [2.05, 4.69) is 13.8 Å². The van der Waals surface area contributed by atoms with Crippen LogP contribution in [0, 0.1) is 0 Å². The first-order chi connectivity index (χ1) is 8.29. The van der Waals surface area contributed by atoms with Crippen molar-refractivity contribution < 1.29 is 18.7 Å². The summed E-state index contributed by atoms with van der Waals surface area (Å²) < 4.78 is 25.5. The van der Waals surface area contributed by atoms with Gasteiger partial charge in [-0.3, -0.25) is 4.57 Å². The van der Waals surface area contributed by atoms with Crippen molar-refractivity contribution in [2.75, 3.05) is 0 Å². The predicted octanol–water partition coefficient (Wildman–Crippen LogP) is 4.17. The molecular weight excluding hydrogens is 274 g/mol. The molecule has 0 spiro atoms. The van der Waals surface area contributed by atoms with Crippen LogP contribution < -0.4 is 0 Å². The van der Waals surface area contributed by atoms with Gasteiger partial charge in [0.1, 0.15) is 0 Å². The van der Waals surface area contributed by atoms with E-state index in [-0.39, 0.29) is 5.56 Å². The number of benzene rings is 1. The van der Waals surface area contributed by atoms with Gasteiger partial charge in [0.25, 0.3) is 0 Å². The SMILES string of the molecule is CC(C)c1cc2cc(C(F)P(=O)(O)O)ccc2s1. The van der Waals surface area contributed by atoms with Gasteiger partial charge in [-0.2, -0.15) is 0 Å². The Kier molecular flexibility index (Phi) is 3.60. The molecule has 2 aromatic rings. The van der Waals surface area contributed by atoms with E-state index in [0.29, 0.717) is 5.92 Å². The van der Waals surface area contributed by atoms with Gasteiger partial charge >= 0.3 is 7.60 Å². The van der Waals surface area contributed by atoms with Crippen molar-refractivity contribution in [2.24, 2.45) is 0 Å². The number of halogens is 1. The molecule has 0 aliphatic rings. The highest BCUT2D eigenvalue weighted by molar-refractivity contribution is 7.51. The van der Waals surface area contributed by atoms with Crippen molar-refractivity contribution in [2.45, 2.75) is 25.7 Å².